The average molecular weight is 316 g/mol. The number of carbonyl (C=O) groups is 3. The molecule has 3 atom stereocenters. The molecule has 3 fully saturated rings. The van der Waals surface area contributed by atoms with Crippen molar-refractivity contribution in [1.29, 1.82) is 0 Å². The van der Waals surface area contributed by atoms with Crippen LogP contribution in [0, 0.1) is 11.8 Å². The van der Waals surface area contributed by atoms with Crippen molar-refractivity contribution in [3.8, 4) is 0 Å². The maximum Gasteiger partial charge on any atom is 0.240 e. The Morgan fingerprint density at radius 1 is 1.14 bits per heavy atom. The van der Waals surface area contributed by atoms with Crippen LogP contribution >= 0.6 is 12.4 Å². The van der Waals surface area contributed by atoms with Gasteiger partial charge in [-0.1, -0.05) is 12.8 Å². The molecule has 0 aromatic heterocycles. The first-order valence-corrected chi connectivity index (χ1v) is 7.52. The van der Waals surface area contributed by atoms with Crippen LogP contribution in [0.4, 0.5) is 0 Å². The Morgan fingerprint density at radius 3 is 2.29 bits per heavy atom. The number of amides is 3. The summed E-state index contributed by atoms with van der Waals surface area (Å²) in [5, 5.41) is 6.05. The Kier molecular flexibility index (Phi) is 5.22. The summed E-state index contributed by atoms with van der Waals surface area (Å²) in [4.78, 5) is 37.6. The lowest BCUT2D eigenvalue weighted by atomic mass is 9.81. The van der Waals surface area contributed by atoms with Gasteiger partial charge in [-0.05, 0) is 25.8 Å². The van der Waals surface area contributed by atoms with Crippen molar-refractivity contribution >= 4 is 30.1 Å². The minimum Gasteiger partial charge on any atom is -0.350 e. The molecule has 0 radical (unpaired) electrons. The third-order valence-corrected chi connectivity index (χ3v) is 4.66. The molecule has 3 unspecified atom stereocenters. The molecule has 1 saturated carbocycles. The number of carbonyl (C=O) groups excluding carboxylic acids is 3. The second-order valence-corrected chi connectivity index (χ2v) is 6.02. The number of nitrogens with zero attached hydrogens (tertiary/aromatic N) is 1. The molecule has 0 aromatic rings. The third kappa shape index (κ3) is 3.21. The van der Waals surface area contributed by atoms with E-state index < -0.39 is 0 Å². The summed E-state index contributed by atoms with van der Waals surface area (Å²) in [6.07, 6.45) is 4.50. The molecule has 7 heteroatoms. The Hall–Kier alpha value is -1.14. The number of hydrogen-bond acceptors (Lipinski definition) is 4. The molecular weight excluding hydrogens is 294 g/mol. The minimum atomic E-state index is -0.223. The molecule has 118 valence electrons. The molecule has 21 heavy (non-hydrogen) atoms. The lowest BCUT2D eigenvalue weighted by Gasteiger charge is -2.19. The van der Waals surface area contributed by atoms with Crippen LogP contribution in [-0.2, 0) is 14.4 Å². The van der Waals surface area contributed by atoms with Gasteiger partial charge >= 0.3 is 0 Å². The molecule has 3 aliphatic rings. The van der Waals surface area contributed by atoms with Crippen molar-refractivity contribution in [2.24, 2.45) is 11.8 Å². The van der Waals surface area contributed by atoms with Crippen LogP contribution < -0.4 is 10.6 Å². The highest BCUT2D eigenvalue weighted by atomic mass is 35.5. The van der Waals surface area contributed by atoms with Crippen molar-refractivity contribution in [3.63, 3.8) is 0 Å². The van der Waals surface area contributed by atoms with E-state index in [9.17, 15) is 14.4 Å². The molecule has 2 saturated heterocycles. The second-order valence-electron chi connectivity index (χ2n) is 6.02. The van der Waals surface area contributed by atoms with Crippen LogP contribution in [0.15, 0.2) is 0 Å². The molecule has 0 spiro atoms. The molecule has 2 heterocycles. The van der Waals surface area contributed by atoms with Gasteiger partial charge in [0, 0.05) is 12.6 Å². The number of halogens is 1. The lowest BCUT2D eigenvalue weighted by Crippen LogP contribution is -2.45. The summed E-state index contributed by atoms with van der Waals surface area (Å²) in [5.41, 5.74) is 0. The van der Waals surface area contributed by atoms with E-state index in [2.05, 4.69) is 10.6 Å². The van der Waals surface area contributed by atoms with E-state index in [1.165, 1.54) is 4.90 Å². The highest BCUT2D eigenvalue weighted by Gasteiger charge is 2.48. The lowest BCUT2D eigenvalue weighted by molar-refractivity contribution is -0.143. The highest BCUT2D eigenvalue weighted by Crippen LogP contribution is 2.37. The Balaban J connectivity index is 0.00000161. The van der Waals surface area contributed by atoms with Crippen molar-refractivity contribution in [2.75, 3.05) is 19.6 Å². The zero-order chi connectivity index (χ0) is 14.1. The summed E-state index contributed by atoms with van der Waals surface area (Å²) < 4.78 is 0. The number of imide groups is 1. The largest absolute Gasteiger partial charge is 0.350 e. The molecule has 1 aliphatic carbocycles. The van der Waals surface area contributed by atoms with Gasteiger partial charge in [0.25, 0.3) is 0 Å². The van der Waals surface area contributed by atoms with Crippen LogP contribution in [0.2, 0.25) is 0 Å². The fraction of sp³-hybridized carbons (Fsp3) is 0.786. The van der Waals surface area contributed by atoms with E-state index in [1.807, 2.05) is 0 Å². The zero-order valence-corrected chi connectivity index (χ0v) is 12.8. The van der Waals surface area contributed by atoms with Gasteiger partial charge in [-0.15, -0.1) is 12.4 Å². The van der Waals surface area contributed by atoms with Gasteiger partial charge in [0.15, 0.2) is 0 Å². The van der Waals surface area contributed by atoms with Crippen LogP contribution in [0.25, 0.3) is 0 Å². The fourth-order valence-corrected chi connectivity index (χ4v) is 3.58. The van der Waals surface area contributed by atoms with Gasteiger partial charge in [0.1, 0.15) is 6.54 Å². The number of rotatable bonds is 3. The first-order valence-electron chi connectivity index (χ1n) is 7.52. The van der Waals surface area contributed by atoms with E-state index >= 15 is 0 Å². The van der Waals surface area contributed by atoms with Gasteiger partial charge in [-0.3, -0.25) is 19.3 Å². The third-order valence-electron chi connectivity index (χ3n) is 4.66. The van der Waals surface area contributed by atoms with Gasteiger partial charge in [0.2, 0.25) is 17.7 Å². The predicted octanol–water partition coefficient (Wildman–Crippen LogP) is 0.0615. The number of likely N-dealkylation sites (tertiary alicyclic amines) is 1. The first-order chi connectivity index (χ1) is 9.66. The number of fused-ring (bicyclic) bond motifs is 1. The minimum absolute atomic E-state index is 0. The SMILES string of the molecule is Cl.O=C(CN1C(=O)C2CCCCC2C1=O)NC1CCNC1. The van der Waals surface area contributed by atoms with Crippen molar-refractivity contribution in [2.45, 2.75) is 38.1 Å². The summed E-state index contributed by atoms with van der Waals surface area (Å²) in [5.74, 6) is -0.841. The van der Waals surface area contributed by atoms with E-state index in [-0.39, 0.29) is 54.6 Å². The summed E-state index contributed by atoms with van der Waals surface area (Å²) >= 11 is 0. The average Bonchev–Trinajstić information content (AvgIpc) is 3.03. The highest BCUT2D eigenvalue weighted by molar-refractivity contribution is 6.07. The molecule has 3 rings (SSSR count). The maximum atomic E-state index is 12.2. The van der Waals surface area contributed by atoms with Crippen LogP contribution in [0.3, 0.4) is 0 Å². The quantitative estimate of drug-likeness (QED) is 0.722. The van der Waals surface area contributed by atoms with Crippen LogP contribution in [0.1, 0.15) is 32.1 Å². The molecule has 0 aromatic carbocycles. The van der Waals surface area contributed by atoms with E-state index in [0.29, 0.717) is 0 Å². The normalized spacial score (nSPS) is 31.8. The first kappa shape index (κ1) is 16.2. The second kappa shape index (κ2) is 6.75. The van der Waals surface area contributed by atoms with Gasteiger partial charge < -0.3 is 10.6 Å². The molecule has 6 nitrogen and oxygen atoms in total. The summed E-state index contributed by atoms with van der Waals surface area (Å²) in [6.45, 7) is 1.55. The Labute approximate surface area is 130 Å². The number of nitrogens with one attached hydrogen (secondary N) is 2. The number of hydrogen-bond donors (Lipinski definition) is 2. The van der Waals surface area contributed by atoms with Crippen LogP contribution in [0.5, 0.6) is 0 Å². The van der Waals surface area contributed by atoms with Gasteiger partial charge in [0.05, 0.1) is 11.8 Å². The fourth-order valence-electron chi connectivity index (χ4n) is 3.58. The van der Waals surface area contributed by atoms with Crippen molar-refractivity contribution < 1.29 is 14.4 Å². The standard InChI is InChI=1S/C14H21N3O3.ClH/c18-12(16-9-5-6-15-7-9)8-17-13(19)10-3-1-2-4-11(10)14(17)20;/h9-11,15H,1-8H2,(H,16,18);1H. The van der Waals surface area contributed by atoms with E-state index in [4.69, 9.17) is 0 Å². The monoisotopic (exact) mass is 315 g/mol. The molecular formula is C14H22ClN3O3. The molecule has 2 N–H and O–H groups in total. The molecule has 0 bridgehead atoms. The van der Waals surface area contributed by atoms with Crippen molar-refractivity contribution in [3.05, 3.63) is 0 Å². The zero-order valence-electron chi connectivity index (χ0n) is 12.0. The van der Waals surface area contributed by atoms with Gasteiger partial charge in [-0.25, -0.2) is 0 Å². The van der Waals surface area contributed by atoms with E-state index in [1.54, 1.807) is 0 Å². The Bertz CT molecular complexity index is 413. The summed E-state index contributed by atoms with van der Waals surface area (Å²) in [7, 11) is 0. The topological polar surface area (TPSA) is 78.5 Å². The maximum absolute atomic E-state index is 12.2. The molecule has 2 aliphatic heterocycles. The van der Waals surface area contributed by atoms with Gasteiger partial charge in [-0.2, -0.15) is 0 Å². The Morgan fingerprint density at radius 2 is 1.76 bits per heavy atom. The van der Waals surface area contributed by atoms with Crippen LogP contribution in [-0.4, -0.2) is 48.3 Å². The van der Waals surface area contributed by atoms with Crippen molar-refractivity contribution in [1.82, 2.24) is 15.5 Å². The predicted molar refractivity (Wildman–Crippen MR) is 78.8 cm³/mol. The molecule has 3 amide bonds. The summed E-state index contributed by atoms with van der Waals surface area (Å²) in [6, 6.07) is 0.123. The smallest absolute Gasteiger partial charge is 0.240 e. The van der Waals surface area contributed by atoms with E-state index in [0.717, 1.165) is 45.2 Å².